The van der Waals surface area contributed by atoms with E-state index in [0.29, 0.717) is 23.0 Å². The van der Waals surface area contributed by atoms with E-state index >= 15 is 0 Å². The first kappa shape index (κ1) is 14.5. The van der Waals surface area contributed by atoms with Crippen molar-refractivity contribution in [2.24, 2.45) is 0 Å². The molecule has 2 aromatic rings. The maximum absolute atomic E-state index is 10.4. The van der Waals surface area contributed by atoms with E-state index in [4.69, 9.17) is 11.6 Å². The minimum absolute atomic E-state index is 0.469. The van der Waals surface area contributed by atoms with Gasteiger partial charge in [0.15, 0.2) is 0 Å². The molecule has 1 N–H and O–H groups in total. The predicted octanol–water partition coefficient (Wildman–Crippen LogP) is 1.94. The molecule has 0 spiro atoms. The Morgan fingerprint density at radius 1 is 1.53 bits per heavy atom. The lowest BCUT2D eigenvalue weighted by Gasteiger charge is -2.14. The first-order valence-corrected chi connectivity index (χ1v) is 7.21. The number of likely N-dealkylation sites (N-methyl/N-ethyl adjacent to an activating group) is 1. The van der Waals surface area contributed by atoms with Crippen LogP contribution in [0.15, 0.2) is 11.6 Å². The van der Waals surface area contributed by atoms with Gasteiger partial charge in [-0.05, 0) is 21.0 Å². The van der Waals surface area contributed by atoms with Crippen molar-refractivity contribution in [2.75, 3.05) is 20.6 Å². The smallest absolute Gasteiger partial charge is 0.140 e. The summed E-state index contributed by atoms with van der Waals surface area (Å²) in [7, 11) is 3.98. The van der Waals surface area contributed by atoms with Crippen molar-refractivity contribution in [3.63, 3.8) is 0 Å². The van der Waals surface area contributed by atoms with Crippen LogP contribution in [0.5, 0.6) is 0 Å². The van der Waals surface area contributed by atoms with Crippen molar-refractivity contribution in [1.29, 1.82) is 0 Å². The average molecular weight is 301 g/mol. The summed E-state index contributed by atoms with van der Waals surface area (Å²) in [4.78, 5) is 6.36. The lowest BCUT2D eigenvalue weighted by Crippen LogP contribution is -2.21. The molecule has 0 saturated carbocycles. The maximum atomic E-state index is 10.4. The number of aromatic nitrogens is 3. The van der Waals surface area contributed by atoms with Gasteiger partial charge in [-0.3, -0.25) is 4.68 Å². The van der Waals surface area contributed by atoms with Crippen molar-refractivity contribution >= 4 is 22.9 Å². The monoisotopic (exact) mass is 300 g/mol. The number of hydrogen-bond donors (Lipinski definition) is 1. The summed E-state index contributed by atoms with van der Waals surface area (Å²) in [5.74, 6) is 0. The Hall–Kier alpha value is -0.950. The van der Waals surface area contributed by atoms with Crippen molar-refractivity contribution in [3.8, 4) is 0 Å². The summed E-state index contributed by atoms with van der Waals surface area (Å²) in [6, 6.07) is 0. The fraction of sp³-hybridized carbons (Fsp3) is 0.500. The van der Waals surface area contributed by atoms with Crippen molar-refractivity contribution < 1.29 is 5.11 Å². The Bertz CT molecular complexity index is 552. The van der Waals surface area contributed by atoms with E-state index in [1.165, 1.54) is 11.3 Å². The first-order valence-electron chi connectivity index (χ1n) is 5.95. The molecule has 0 radical (unpaired) electrons. The molecule has 0 amide bonds. The molecule has 0 aliphatic rings. The standard InChI is InChI=1S/C12H17ClN4OS/c1-8-15-10(7-19-8)12(18)11-9(13)6-14-17(11)5-4-16(2)3/h6-7,12,18H,4-5H2,1-3H3. The topological polar surface area (TPSA) is 54.2 Å². The van der Waals surface area contributed by atoms with Gasteiger partial charge in [0.05, 0.1) is 34.2 Å². The normalized spacial score (nSPS) is 13.2. The molecule has 7 heteroatoms. The zero-order valence-corrected chi connectivity index (χ0v) is 12.7. The molecule has 0 aliphatic carbocycles. The predicted molar refractivity (Wildman–Crippen MR) is 76.7 cm³/mol. The molecule has 2 heterocycles. The number of halogens is 1. The lowest BCUT2D eigenvalue weighted by atomic mass is 10.2. The Kier molecular flexibility index (Phi) is 4.57. The molecule has 0 bridgehead atoms. The summed E-state index contributed by atoms with van der Waals surface area (Å²) in [5.41, 5.74) is 1.23. The molecular formula is C12H17ClN4OS. The van der Waals surface area contributed by atoms with Gasteiger partial charge in [0, 0.05) is 11.9 Å². The molecular weight excluding hydrogens is 284 g/mol. The lowest BCUT2D eigenvalue weighted by molar-refractivity contribution is 0.201. The number of thiazole rings is 1. The molecule has 1 atom stereocenters. The quantitative estimate of drug-likeness (QED) is 0.917. The van der Waals surface area contributed by atoms with Crippen LogP contribution in [0.1, 0.15) is 22.5 Å². The van der Waals surface area contributed by atoms with Crippen LogP contribution >= 0.6 is 22.9 Å². The van der Waals surface area contributed by atoms with Crippen LogP contribution in [0.2, 0.25) is 5.02 Å². The van der Waals surface area contributed by atoms with Gasteiger partial charge in [-0.25, -0.2) is 4.98 Å². The van der Waals surface area contributed by atoms with Crippen LogP contribution in [-0.2, 0) is 6.54 Å². The molecule has 0 aliphatic heterocycles. The van der Waals surface area contributed by atoms with Gasteiger partial charge in [-0.15, -0.1) is 11.3 Å². The van der Waals surface area contributed by atoms with E-state index in [1.54, 1.807) is 10.9 Å². The molecule has 0 fully saturated rings. The number of rotatable bonds is 5. The highest BCUT2D eigenvalue weighted by Gasteiger charge is 2.21. The summed E-state index contributed by atoms with van der Waals surface area (Å²) in [6.45, 7) is 3.41. The van der Waals surface area contributed by atoms with Gasteiger partial charge < -0.3 is 10.0 Å². The molecule has 104 valence electrons. The second kappa shape index (κ2) is 6.00. The van der Waals surface area contributed by atoms with Gasteiger partial charge in [-0.1, -0.05) is 11.6 Å². The largest absolute Gasteiger partial charge is 0.380 e. The Morgan fingerprint density at radius 3 is 2.84 bits per heavy atom. The van der Waals surface area contributed by atoms with Crippen molar-refractivity contribution in [2.45, 2.75) is 19.6 Å². The third-order valence-electron chi connectivity index (χ3n) is 2.77. The minimum atomic E-state index is -0.831. The third-order valence-corrected chi connectivity index (χ3v) is 3.85. The summed E-state index contributed by atoms with van der Waals surface area (Å²) >= 11 is 7.64. The van der Waals surface area contributed by atoms with Crippen LogP contribution in [0, 0.1) is 6.92 Å². The molecule has 19 heavy (non-hydrogen) atoms. The molecule has 2 aromatic heterocycles. The van der Waals surface area contributed by atoms with Gasteiger partial charge in [-0.2, -0.15) is 5.10 Å². The maximum Gasteiger partial charge on any atom is 0.140 e. The number of nitrogens with zero attached hydrogens (tertiary/aromatic N) is 4. The van der Waals surface area contributed by atoms with Gasteiger partial charge in [0.2, 0.25) is 0 Å². The second-order valence-corrected chi connectivity index (χ2v) is 6.07. The van der Waals surface area contributed by atoms with E-state index in [-0.39, 0.29) is 0 Å². The Morgan fingerprint density at radius 2 is 2.26 bits per heavy atom. The number of aliphatic hydroxyl groups is 1. The van der Waals surface area contributed by atoms with Crippen LogP contribution in [-0.4, -0.2) is 45.4 Å². The fourth-order valence-corrected chi connectivity index (χ4v) is 2.64. The summed E-state index contributed by atoms with van der Waals surface area (Å²) in [5, 5.41) is 17.9. The van der Waals surface area contributed by atoms with Crippen LogP contribution in [0.25, 0.3) is 0 Å². The number of aliphatic hydroxyl groups excluding tert-OH is 1. The average Bonchev–Trinajstić information content (AvgIpc) is 2.92. The van der Waals surface area contributed by atoms with Crippen molar-refractivity contribution in [3.05, 3.63) is 33.0 Å². The number of aryl methyl sites for hydroxylation is 1. The zero-order valence-electron chi connectivity index (χ0n) is 11.2. The third kappa shape index (κ3) is 3.33. The molecule has 5 nitrogen and oxygen atoms in total. The summed E-state index contributed by atoms with van der Waals surface area (Å²) in [6.07, 6.45) is 0.733. The van der Waals surface area contributed by atoms with E-state index in [0.717, 1.165) is 11.6 Å². The highest BCUT2D eigenvalue weighted by molar-refractivity contribution is 7.09. The molecule has 0 saturated heterocycles. The molecule has 1 unspecified atom stereocenters. The van der Waals surface area contributed by atoms with Crippen LogP contribution in [0.3, 0.4) is 0 Å². The van der Waals surface area contributed by atoms with E-state index in [2.05, 4.69) is 15.0 Å². The van der Waals surface area contributed by atoms with E-state index in [1.807, 2.05) is 26.4 Å². The summed E-state index contributed by atoms with van der Waals surface area (Å²) < 4.78 is 1.74. The Balaban J connectivity index is 2.25. The highest BCUT2D eigenvalue weighted by Crippen LogP contribution is 2.28. The minimum Gasteiger partial charge on any atom is -0.380 e. The molecule has 2 rings (SSSR count). The van der Waals surface area contributed by atoms with Gasteiger partial charge >= 0.3 is 0 Å². The van der Waals surface area contributed by atoms with E-state index < -0.39 is 6.10 Å². The first-order chi connectivity index (χ1) is 8.99. The van der Waals surface area contributed by atoms with Gasteiger partial charge in [0.1, 0.15) is 6.10 Å². The molecule has 0 aromatic carbocycles. The fourth-order valence-electron chi connectivity index (χ4n) is 1.76. The van der Waals surface area contributed by atoms with E-state index in [9.17, 15) is 5.11 Å². The number of hydrogen-bond acceptors (Lipinski definition) is 5. The SMILES string of the molecule is Cc1nc(C(O)c2c(Cl)cnn2CCN(C)C)cs1. The van der Waals surface area contributed by atoms with Crippen LogP contribution in [0.4, 0.5) is 0 Å². The van der Waals surface area contributed by atoms with Crippen LogP contribution < -0.4 is 0 Å². The van der Waals surface area contributed by atoms with Crippen molar-refractivity contribution in [1.82, 2.24) is 19.7 Å². The Labute approximate surface area is 121 Å². The second-order valence-electron chi connectivity index (χ2n) is 4.60. The zero-order chi connectivity index (χ0) is 14.0. The van der Waals surface area contributed by atoms with Gasteiger partial charge in [0.25, 0.3) is 0 Å². The highest BCUT2D eigenvalue weighted by atomic mass is 35.5.